The number of aliphatic carboxylic acids is 1. The Morgan fingerprint density at radius 1 is 1.00 bits per heavy atom. The molecule has 2 fully saturated rings. The summed E-state index contributed by atoms with van der Waals surface area (Å²) < 4.78 is 5.73. The van der Waals surface area contributed by atoms with Crippen molar-refractivity contribution in [2.75, 3.05) is 13.2 Å². The molecule has 0 aromatic heterocycles. The molecular formula is C28H32N2O5. The number of carbonyl (C=O) groups excluding carboxylic acids is 2. The Hall–Kier alpha value is -3.35. The molecule has 3 aliphatic rings. The fraction of sp³-hybridized carbons (Fsp3) is 0.464. The molecule has 1 saturated carbocycles. The number of fused-ring (bicyclic) bond motifs is 3. The zero-order valence-electron chi connectivity index (χ0n) is 20.0. The highest BCUT2D eigenvalue weighted by atomic mass is 16.5. The topological polar surface area (TPSA) is 95.9 Å². The number of benzene rings is 2. The van der Waals surface area contributed by atoms with Crippen LogP contribution in [0.2, 0.25) is 0 Å². The quantitative estimate of drug-likeness (QED) is 0.660. The van der Waals surface area contributed by atoms with E-state index in [1.807, 2.05) is 31.2 Å². The first-order valence-electron chi connectivity index (χ1n) is 12.6. The van der Waals surface area contributed by atoms with Crippen LogP contribution in [0, 0.1) is 5.41 Å². The molecule has 184 valence electrons. The highest BCUT2D eigenvalue weighted by molar-refractivity contribution is 5.89. The van der Waals surface area contributed by atoms with Crippen LogP contribution < -0.4 is 5.32 Å². The smallest absolute Gasteiger partial charge is 0.407 e. The van der Waals surface area contributed by atoms with Gasteiger partial charge in [-0.25, -0.2) is 9.59 Å². The van der Waals surface area contributed by atoms with Crippen LogP contribution in [0.1, 0.15) is 62.5 Å². The van der Waals surface area contributed by atoms with Gasteiger partial charge in [0.25, 0.3) is 0 Å². The van der Waals surface area contributed by atoms with Crippen molar-refractivity contribution >= 4 is 18.0 Å². The number of likely N-dealkylation sites (tertiary alicyclic amines) is 1. The lowest BCUT2D eigenvalue weighted by molar-refractivity contribution is -0.154. The van der Waals surface area contributed by atoms with Gasteiger partial charge in [-0.1, -0.05) is 61.4 Å². The summed E-state index contributed by atoms with van der Waals surface area (Å²) in [7, 11) is 0. The number of rotatable bonds is 5. The monoisotopic (exact) mass is 476 g/mol. The number of alkyl carbamates (subject to hydrolysis) is 1. The first-order chi connectivity index (χ1) is 16.9. The van der Waals surface area contributed by atoms with Crippen molar-refractivity contribution in [2.24, 2.45) is 5.41 Å². The average Bonchev–Trinajstić information content (AvgIpc) is 3.47. The fourth-order valence-electron chi connectivity index (χ4n) is 6.20. The maximum atomic E-state index is 13.5. The van der Waals surface area contributed by atoms with Gasteiger partial charge in [0.2, 0.25) is 5.91 Å². The van der Waals surface area contributed by atoms with E-state index in [1.165, 1.54) is 16.0 Å². The minimum atomic E-state index is -0.962. The Balaban J connectivity index is 1.28. The number of carboxylic acid groups (broad SMARTS) is 1. The summed E-state index contributed by atoms with van der Waals surface area (Å²) in [6.07, 6.45) is 3.68. The Morgan fingerprint density at radius 2 is 1.66 bits per heavy atom. The number of amides is 2. The minimum Gasteiger partial charge on any atom is -0.480 e. The van der Waals surface area contributed by atoms with Crippen molar-refractivity contribution in [3.8, 4) is 11.1 Å². The van der Waals surface area contributed by atoms with Crippen LogP contribution >= 0.6 is 0 Å². The molecule has 2 aromatic carbocycles. The van der Waals surface area contributed by atoms with E-state index in [1.54, 1.807) is 0 Å². The normalized spacial score (nSPS) is 25.6. The Kier molecular flexibility index (Phi) is 6.26. The van der Waals surface area contributed by atoms with Gasteiger partial charge in [-0.15, -0.1) is 0 Å². The van der Waals surface area contributed by atoms with Crippen molar-refractivity contribution in [1.29, 1.82) is 0 Å². The molecule has 1 saturated heterocycles. The van der Waals surface area contributed by atoms with Gasteiger partial charge >= 0.3 is 12.1 Å². The van der Waals surface area contributed by atoms with Gasteiger partial charge < -0.3 is 20.1 Å². The second kappa shape index (κ2) is 9.36. The summed E-state index contributed by atoms with van der Waals surface area (Å²) in [5, 5.41) is 12.5. The van der Waals surface area contributed by atoms with Crippen LogP contribution in [0.5, 0.6) is 0 Å². The maximum Gasteiger partial charge on any atom is 0.407 e. The molecule has 7 nitrogen and oxygen atoms in total. The largest absolute Gasteiger partial charge is 0.480 e. The number of hydrogen-bond acceptors (Lipinski definition) is 4. The van der Waals surface area contributed by atoms with Crippen molar-refractivity contribution in [3.05, 3.63) is 59.7 Å². The second-order valence-corrected chi connectivity index (χ2v) is 10.2. The molecule has 5 rings (SSSR count). The molecule has 1 heterocycles. The zero-order valence-corrected chi connectivity index (χ0v) is 20.0. The summed E-state index contributed by atoms with van der Waals surface area (Å²) in [6, 6.07) is 15.2. The molecular weight excluding hydrogens is 444 g/mol. The van der Waals surface area contributed by atoms with E-state index in [0.29, 0.717) is 32.2 Å². The van der Waals surface area contributed by atoms with E-state index >= 15 is 0 Å². The first-order valence-corrected chi connectivity index (χ1v) is 12.6. The van der Waals surface area contributed by atoms with E-state index in [2.05, 4.69) is 29.6 Å². The third-order valence-corrected chi connectivity index (χ3v) is 8.13. The zero-order chi connectivity index (χ0) is 24.6. The molecule has 3 atom stereocenters. The molecule has 0 bridgehead atoms. The molecule has 1 aliphatic heterocycles. The summed E-state index contributed by atoms with van der Waals surface area (Å²) in [5.41, 5.74) is 3.78. The van der Waals surface area contributed by atoms with Crippen molar-refractivity contribution in [1.82, 2.24) is 10.2 Å². The fourth-order valence-corrected chi connectivity index (χ4v) is 6.20. The number of hydrogen-bond donors (Lipinski definition) is 2. The summed E-state index contributed by atoms with van der Waals surface area (Å²) in [5.74, 6) is -1.17. The van der Waals surface area contributed by atoms with Gasteiger partial charge in [-0.3, -0.25) is 4.79 Å². The molecule has 2 aliphatic carbocycles. The van der Waals surface area contributed by atoms with Crippen LogP contribution in [0.4, 0.5) is 4.79 Å². The highest BCUT2D eigenvalue weighted by Gasteiger charge is 2.49. The van der Waals surface area contributed by atoms with Crippen LogP contribution in [0.25, 0.3) is 11.1 Å². The molecule has 2 N–H and O–H groups in total. The Labute approximate surface area is 205 Å². The summed E-state index contributed by atoms with van der Waals surface area (Å²) >= 11 is 0. The SMILES string of the molecule is CC1(C(=O)N2CCC[C@@H]2C(=O)O)CCCCC1NC(=O)OCC1c2ccccc2-c2ccccc21. The standard InChI is InChI=1S/C28H32N2O5/c1-28(26(33)30-16-8-13-23(30)25(31)32)15-7-6-14-24(28)29-27(34)35-17-22-20-11-4-2-9-18(20)19-10-3-5-12-21(19)22/h2-5,9-12,22-24H,6-8,13-17H2,1H3,(H,29,34)(H,31,32)/t23-,24?,28?/m1/s1. The Bertz CT molecular complexity index is 1100. The Morgan fingerprint density at radius 3 is 2.31 bits per heavy atom. The predicted octanol–water partition coefficient (Wildman–Crippen LogP) is 4.55. The van der Waals surface area contributed by atoms with Crippen molar-refractivity contribution in [2.45, 2.75) is 63.5 Å². The van der Waals surface area contributed by atoms with Gasteiger partial charge in [0.15, 0.2) is 0 Å². The molecule has 2 amide bonds. The molecule has 2 unspecified atom stereocenters. The summed E-state index contributed by atoms with van der Waals surface area (Å²) in [6.45, 7) is 2.52. The average molecular weight is 477 g/mol. The lowest BCUT2D eigenvalue weighted by Crippen LogP contribution is -2.58. The van der Waals surface area contributed by atoms with Crippen LogP contribution in [-0.2, 0) is 14.3 Å². The lowest BCUT2D eigenvalue weighted by Gasteiger charge is -2.43. The van der Waals surface area contributed by atoms with E-state index in [-0.39, 0.29) is 18.4 Å². The molecule has 0 radical (unpaired) electrons. The number of ether oxygens (including phenoxy) is 1. The van der Waals surface area contributed by atoms with Crippen LogP contribution in [-0.4, -0.2) is 53.2 Å². The molecule has 35 heavy (non-hydrogen) atoms. The molecule has 2 aromatic rings. The van der Waals surface area contributed by atoms with Gasteiger partial charge in [-0.05, 0) is 54.9 Å². The van der Waals surface area contributed by atoms with Crippen molar-refractivity contribution in [3.63, 3.8) is 0 Å². The van der Waals surface area contributed by atoms with E-state index in [0.717, 1.165) is 24.0 Å². The number of nitrogens with zero attached hydrogens (tertiary/aromatic N) is 1. The van der Waals surface area contributed by atoms with Crippen LogP contribution in [0.15, 0.2) is 48.5 Å². The maximum absolute atomic E-state index is 13.5. The highest BCUT2D eigenvalue weighted by Crippen LogP contribution is 2.44. The molecule has 7 heteroatoms. The number of carboxylic acids is 1. The summed E-state index contributed by atoms with van der Waals surface area (Å²) in [4.78, 5) is 39.7. The molecule has 0 spiro atoms. The third kappa shape index (κ3) is 4.17. The van der Waals surface area contributed by atoms with Gasteiger partial charge in [0.05, 0.1) is 5.41 Å². The first kappa shape index (κ1) is 23.4. The minimum absolute atomic E-state index is 0.0338. The second-order valence-electron chi connectivity index (χ2n) is 10.2. The van der Waals surface area contributed by atoms with Gasteiger partial charge in [0.1, 0.15) is 12.6 Å². The third-order valence-electron chi connectivity index (χ3n) is 8.13. The number of carbonyl (C=O) groups is 3. The lowest BCUT2D eigenvalue weighted by atomic mass is 9.70. The van der Waals surface area contributed by atoms with Crippen molar-refractivity contribution < 1.29 is 24.2 Å². The van der Waals surface area contributed by atoms with Gasteiger partial charge in [0, 0.05) is 18.5 Å². The van der Waals surface area contributed by atoms with E-state index < -0.39 is 29.6 Å². The van der Waals surface area contributed by atoms with Gasteiger partial charge in [-0.2, -0.15) is 0 Å². The van der Waals surface area contributed by atoms with Crippen LogP contribution in [0.3, 0.4) is 0 Å². The predicted molar refractivity (Wildman–Crippen MR) is 131 cm³/mol. The van der Waals surface area contributed by atoms with E-state index in [4.69, 9.17) is 4.74 Å². The number of nitrogens with one attached hydrogen (secondary N) is 1. The van der Waals surface area contributed by atoms with E-state index in [9.17, 15) is 19.5 Å².